The summed E-state index contributed by atoms with van der Waals surface area (Å²) in [4.78, 5) is 25.5. The van der Waals surface area contributed by atoms with Gasteiger partial charge in [-0.1, -0.05) is 55.8 Å². The number of nitrogens with one attached hydrogen (secondary N) is 2. The van der Waals surface area contributed by atoms with E-state index in [2.05, 4.69) is 29.6 Å². The number of aryl methyl sites for hydroxylation is 1. The van der Waals surface area contributed by atoms with Crippen LogP contribution in [0, 0.1) is 12.8 Å². The van der Waals surface area contributed by atoms with Crippen LogP contribution in [0.5, 0.6) is 0 Å². The van der Waals surface area contributed by atoms with Crippen LogP contribution in [0.1, 0.15) is 57.6 Å². The smallest absolute Gasteiger partial charge is 0.407 e. The quantitative estimate of drug-likeness (QED) is 0.462. The highest BCUT2D eigenvalue weighted by molar-refractivity contribution is 6.34. The van der Waals surface area contributed by atoms with Crippen molar-refractivity contribution >= 4 is 23.2 Å². The standard InChI is InChI=1S/C25H34ClN5O3/c1-16(2)22(27-12-13-28-23(32)34-25(4,5)6)20-14-19-21(26)17(3)29-31(19)24(33)30(20)15-18-10-8-7-9-11-18/h7-11,14,16,22,27H,12-13,15H2,1-6H3,(H,28,32)/t22-/m1/s1. The second-order valence-corrected chi connectivity index (χ2v) is 10.1. The average Bonchev–Trinajstić information content (AvgIpc) is 3.04. The van der Waals surface area contributed by atoms with E-state index in [9.17, 15) is 9.59 Å². The summed E-state index contributed by atoms with van der Waals surface area (Å²) >= 11 is 6.48. The number of ether oxygens (including phenoxy) is 1. The topological polar surface area (TPSA) is 89.7 Å². The lowest BCUT2D eigenvalue weighted by Crippen LogP contribution is -2.40. The van der Waals surface area contributed by atoms with E-state index >= 15 is 0 Å². The third-order valence-electron chi connectivity index (χ3n) is 5.36. The highest BCUT2D eigenvalue weighted by Gasteiger charge is 2.24. The number of carbonyl (C=O) groups excluding carboxylic acids is 1. The van der Waals surface area contributed by atoms with Crippen LogP contribution in [0.3, 0.4) is 0 Å². The van der Waals surface area contributed by atoms with Gasteiger partial charge in [-0.05, 0) is 45.2 Å². The van der Waals surface area contributed by atoms with Gasteiger partial charge in [-0.25, -0.2) is 9.59 Å². The number of fused-ring (bicyclic) bond motifs is 1. The fourth-order valence-electron chi connectivity index (χ4n) is 3.81. The lowest BCUT2D eigenvalue weighted by molar-refractivity contribution is 0.0527. The van der Waals surface area contributed by atoms with E-state index in [1.807, 2.05) is 57.2 Å². The van der Waals surface area contributed by atoms with Crippen molar-refractivity contribution in [1.29, 1.82) is 0 Å². The molecule has 0 saturated heterocycles. The van der Waals surface area contributed by atoms with Gasteiger partial charge in [0.25, 0.3) is 0 Å². The van der Waals surface area contributed by atoms with Crippen LogP contribution in [0.25, 0.3) is 5.52 Å². The number of hydrogen-bond donors (Lipinski definition) is 2. The van der Waals surface area contributed by atoms with Crippen molar-refractivity contribution in [2.24, 2.45) is 5.92 Å². The van der Waals surface area contributed by atoms with E-state index in [-0.39, 0.29) is 17.6 Å². The minimum absolute atomic E-state index is 0.159. The number of nitrogens with zero attached hydrogens (tertiary/aromatic N) is 3. The molecule has 0 radical (unpaired) electrons. The van der Waals surface area contributed by atoms with Crippen LogP contribution < -0.4 is 16.3 Å². The summed E-state index contributed by atoms with van der Waals surface area (Å²) in [5.74, 6) is 0.160. The molecule has 1 atom stereocenters. The highest BCUT2D eigenvalue weighted by atomic mass is 35.5. The number of halogens is 1. The molecule has 0 unspecified atom stereocenters. The largest absolute Gasteiger partial charge is 0.444 e. The van der Waals surface area contributed by atoms with E-state index < -0.39 is 11.7 Å². The number of carbonyl (C=O) groups is 1. The predicted octanol–water partition coefficient (Wildman–Crippen LogP) is 4.32. The molecule has 184 valence electrons. The summed E-state index contributed by atoms with van der Waals surface area (Å²) in [5.41, 5.74) is 2.22. The summed E-state index contributed by atoms with van der Waals surface area (Å²) in [6.45, 7) is 12.7. The van der Waals surface area contributed by atoms with Gasteiger partial charge < -0.3 is 15.4 Å². The molecule has 1 amide bonds. The fraction of sp³-hybridized carbons (Fsp3) is 0.480. The third kappa shape index (κ3) is 6.18. The molecule has 2 N–H and O–H groups in total. The van der Waals surface area contributed by atoms with Gasteiger partial charge in [0, 0.05) is 18.8 Å². The molecule has 3 aromatic rings. The van der Waals surface area contributed by atoms with Crippen LogP contribution in [0.15, 0.2) is 41.2 Å². The molecule has 0 fully saturated rings. The molecule has 34 heavy (non-hydrogen) atoms. The lowest BCUT2D eigenvalue weighted by atomic mass is 9.99. The second kappa shape index (κ2) is 10.6. The maximum atomic E-state index is 13.5. The Kier molecular flexibility index (Phi) is 8.05. The number of rotatable bonds is 8. The number of alkyl carbamates (subject to hydrolysis) is 1. The van der Waals surface area contributed by atoms with E-state index in [4.69, 9.17) is 16.3 Å². The Morgan fingerprint density at radius 1 is 1.18 bits per heavy atom. The van der Waals surface area contributed by atoms with Gasteiger partial charge in [-0.3, -0.25) is 4.57 Å². The van der Waals surface area contributed by atoms with Crippen molar-refractivity contribution in [3.63, 3.8) is 0 Å². The number of hydrogen-bond acceptors (Lipinski definition) is 5. The Bertz CT molecular complexity index is 1200. The van der Waals surface area contributed by atoms with Crippen molar-refractivity contribution < 1.29 is 9.53 Å². The Labute approximate surface area is 205 Å². The summed E-state index contributed by atoms with van der Waals surface area (Å²) < 4.78 is 8.40. The summed E-state index contributed by atoms with van der Waals surface area (Å²) in [6.07, 6.45) is -0.459. The zero-order valence-corrected chi connectivity index (χ0v) is 21.4. The molecule has 0 aliphatic rings. The molecule has 0 aliphatic carbocycles. The van der Waals surface area contributed by atoms with Crippen molar-refractivity contribution in [2.45, 2.75) is 59.7 Å². The first-order chi connectivity index (χ1) is 16.0. The van der Waals surface area contributed by atoms with Crippen LogP contribution in [0.4, 0.5) is 4.79 Å². The molecule has 2 aromatic heterocycles. The van der Waals surface area contributed by atoms with Gasteiger partial charge in [0.15, 0.2) is 0 Å². The fourth-order valence-corrected chi connectivity index (χ4v) is 3.98. The molecule has 1 aromatic carbocycles. The van der Waals surface area contributed by atoms with Crippen LogP contribution in [0.2, 0.25) is 5.02 Å². The third-order valence-corrected chi connectivity index (χ3v) is 5.82. The highest BCUT2D eigenvalue weighted by Crippen LogP contribution is 2.26. The second-order valence-electron chi connectivity index (χ2n) is 9.72. The minimum Gasteiger partial charge on any atom is -0.444 e. The maximum absolute atomic E-state index is 13.5. The summed E-state index contributed by atoms with van der Waals surface area (Å²) in [7, 11) is 0. The molecular weight excluding hydrogens is 454 g/mol. The van der Waals surface area contributed by atoms with E-state index in [1.165, 1.54) is 4.52 Å². The maximum Gasteiger partial charge on any atom is 0.407 e. The first-order valence-corrected chi connectivity index (χ1v) is 11.9. The van der Waals surface area contributed by atoms with Gasteiger partial charge in [-0.15, -0.1) is 0 Å². The van der Waals surface area contributed by atoms with E-state index in [0.717, 1.165) is 11.3 Å². The molecule has 0 aliphatic heterocycles. The number of benzene rings is 1. The SMILES string of the molecule is Cc1nn2c(=O)n(Cc3ccccc3)c([C@H](NCCNC(=O)OC(C)(C)C)C(C)C)cc2c1Cl. The minimum atomic E-state index is -0.552. The number of amides is 1. The molecule has 2 heterocycles. The Balaban J connectivity index is 1.92. The van der Waals surface area contributed by atoms with Gasteiger partial charge in [0.05, 0.1) is 28.8 Å². The Morgan fingerprint density at radius 2 is 1.85 bits per heavy atom. The molecule has 8 nitrogen and oxygen atoms in total. The monoisotopic (exact) mass is 487 g/mol. The zero-order valence-electron chi connectivity index (χ0n) is 20.7. The van der Waals surface area contributed by atoms with Gasteiger partial charge in [0.1, 0.15) is 5.60 Å². The molecule has 0 saturated carbocycles. The van der Waals surface area contributed by atoms with Crippen molar-refractivity contribution in [3.05, 3.63) is 68.9 Å². The van der Waals surface area contributed by atoms with Crippen molar-refractivity contribution in [2.75, 3.05) is 13.1 Å². The van der Waals surface area contributed by atoms with E-state index in [0.29, 0.717) is 35.9 Å². The van der Waals surface area contributed by atoms with Gasteiger partial charge in [0.2, 0.25) is 0 Å². The Morgan fingerprint density at radius 3 is 2.47 bits per heavy atom. The predicted molar refractivity (Wildman–Crippen MR) is 135 cm³/mol. The molecule has 0 spiro atoms. The average molecular weight is 488 g/mol. The van der Waals surface area contributed by atoms with Crippen molar-refractivity contribution in [1.82, 2.24) is 24.8 Å². The van der Waals surface area contributed by atoms with Gasteiger partial charge >= 0.3 is 11.8 Å². The summed E-state index contributed by atoms with van der Waals surface area (Å²) in [6, 6.07) is 11.6. The van der Waals surface area contributed by atoms with Crippen LogP contribution in [-0.4, -0.2) is 39.0 Å². The molecular formula is C25H34ClN5O3. The molecule has 3 rings (SSSR count). The van der Waals surface area contributed by atoms with Crippen molar-refractivity contribution in [3.8, 4) is 0 Å². The first-order valence-electron chi connectivity index (χ1n) is 11.5. The van der Waals surface area contributed by atoms with Crippen LogP contribution in [-0.2, 0) is 11.3 Å². The van der Waals surface area contributed by atoms with Gasteiger partial charge in [-0.2, -0.15) is 9.61 Å². The number of aromatic nitrogens is 3. The van der Waals surface area contributed by atoms with E-state index in [1.54, 1.807) is 11.5 Å². The molecule has 0 bridgehead atoms. The molecule has 9 heteroatoms. The lowest BCUT2D eigenvalue weighted by Gasteiger charge is -2.27. The normalized spacial score (nSPS) is 12.8. The summed E-state index contributed by atoms with van der Waals surface area (Å²) in [5, 5.41) is 11.1. The Hall–Kier alpha value is -2.84. The zero-order chi connectivity index (χ0) is 25.0. The first kappa shape index (κ1) is 25.8. The van der Waals surface area contributed by atoms with Crippen LogP contribution >= 0.6 is 11.6 Å².